The topological polar surface area (TPSA) is 70.6 Å². The summed E-state index contributed by atoms with van der Waals surface area (Å²) in [5.74, 6) is -0.539. The molecule has 2 amide bonds. The Balaban J connectivity index is 1.41. The zero-order valence-electron chi connectivity index (χ0n) is 16.6. The van der Waals surface area contributed by atoms with E-state index in [0.29, 0.717) is 5.69 Å². The van der Waals surface area contributed by atoms with Crippen molar-refractivity contribution >= 4 is 61.2 Å². The van der Waals surface area contributed by atoms with E-state index in [2.05, 4.69) is 50.0 Å². The van der Waals surface area contributed by atoms with Crippen molar-refractivity contribution in [1.29, 1.82) is 0 Å². The lowest BCUT2D eigenvalue weighted by atomic mass is 9.97. The first-order valence-corrected chi connectivity index (χ1v) is 10.7. The molecule has 0 heterocycles. The number of anilines is 1. The highest BCUT2D eigenvalue weighted by Gasteiger charge is 2.08. The highest BCUT2D eigenvalue weighted by molar-refractivity contribution is 9.10. The summed E-state index contributed by atoms with van der Waals surface area (Å²) in [6.07, 6.45) is 1.79. The molecule has 4 aromatic carbocycles. The van der Waals surface area contributed by atoms with Gasteiger partial charge in [-0.1, -0.05) is 70.5 Å². The molecule has 0 aliphatic rings. The van der Waals surface area contributed by atoms with Gasteiger partial charge in [0.2, 0.25) is 11.8 Å². The van der Waals surface area contributed by atoms with Crippen LogP contribution in [0.4, 0.5) is 5.69 Å². The van der Waals surface area contributed by atoms with E-state index in [1.165, 1.54) is 0 Å². The standard InChI is InChI=1S/C25H20BrN3O2/c26-19-8-5-9-20(15-19)28-24(30)12-13-25(31)29-27-16-23-21-10-3-1-6-17(21)14-18-7-2-4-11-22(18)23/h1-11,14-16H,12-13H2,(H,28,30)(H,29,31)/b27-16+. The molecule has 2 N–H and O–H groups in total. The van der Waals surface area contributed by atoms with E-state index in [1.807, 2.05) is 48.5 Å². The van der Waals surface area contributed by atoms with Crippen LogP contribution < -0.4 is 10.7 Å². The molecule has 31 heavy (non-hydrogen) atoms. The van der Waals surface area contributed by atoms with Gasteiger partial charge in [-0.25, -0.2) is 5.43 Å². The number of benzene rings is 4. The number of hydrazone groups is 1. The quantitative estimate of drug-likeness (QED) is 0.216. The molecule has 4 aromatic rings. The SMILES string of the molecule is O=C(CCC(=O)Nc1cccc(Br)c1)N/N=C/c1c2ccccc2cc2ccccc12. The van der Waals surface area contributed by atoms with Gasteiger partial charge in [0.15, 0.2) is 0 Å². The van der Waals surface area contributed by atoms with Crippen molar-refractivity contribution in [2.45, 2.75) is 12.8 Å². The number of nitrogens with zero attached hydrogens (tertiary/aromatic N) is 1. The van der Waals surface area contributed by atoms with Crippen molar-refractivity contribution < 1.29 is 9.59 Å². The maximum Gasteiger partial charge on any atom is 0.240 e. The van der Waals surface area contributed by atoms with E-state index in [0.717, 1.165) is 31.6 Å². The van der Waals surface area contributed by atoms with Crippen molar-refractivity contribution in [2.75, 3.05) is 5.32 Å². The molecule has 4 rings (SSSR count). The predicted octanol–water partition coefficient (Wildman–Crippen LogP) is 5.62. The normalized spacial score (nSPS) is 11.1. The van der Waals surface area contributed by atoms with Gasteiger partial charge in [0.25, 0.3) is 0 Å². The summed E-state index contributed by atoms with van der Waals surface area (Å²) in [6, 6.07) is 25.6. The smallest absolute Gasteiger partial charge is 0.240 e. The second-order valence-corrected chi connectivity index (χ2v) is 8.00. The Kier molecular flexibility index (Phi) is 6.38. The molecule has 0 atom stereocenters. The number of hydrogen-bond acceptors (Lipinski definition) is 3. The molecule has 6 heteroatoms. The molecule has 0 aliphatic heterocycles. The van der Waals surface area contributed by atoms with Crippen LogP contribution in [-0.2, 0) is 9.59 Å². The van der Waals surface area contributed by atoms with Gasteiger partial charge in [0.1, 0.15) is 0 Å². The summed E-state index contributed by atoms with van der Waals surface area (Å²) in [4.78, 5) is 24.2. The third-order valence-electron chi connectivity index (χ3n) is 4.88. The maximum atomic E-state index is 12.2. The zero-order chi connectivity index (χ0) is 21.6. The summed E-state index contributed by atoms with van der Waals surface area (Å²) in [6.45, 7) is 0. The predicted molar refractivity (Wildman–Crippen MR) is 129 cm³/mol. The molecule has 0 spiro atoms. The van der Waals surface area contributed by atoms with Gasteiger partial charge in [-0.15, -0.1) is 0 Å². The molecule has 0 unspecified atom stereocenters. The van der Waals surface area contributed by atoms with Gasteiger partial charge in [-0.3, -0.25) is 9.59 Å². The number of rotatable bonds is 6. The summed E-state index contributed by atoms with van der Waals surface area (Å²) < 4.78 is 0.873. The minimum Gasteiger partial charge on any atom is -0.326 e. The Hall–Kier alpha value is -3.51. The minimum absolute atomic E-state index is 0.0491. The van der Waals surface area contributed by atoms with Crippen molar-refractivity contribution in [3.05, 3.63) is 88.9 Å². The van der Waals surface area contributed by atoms with E-state index in [4.69, 9.17) is 0 Å². The molecule has 0 radical (unpaired) electrons. The van der Waals surface area contributed by atoms with Crippen molar-refractivity contribution in [1.82, 2.24) is 5.43 Å². The monoisotopic (exact) mass is 473 g/mol. The van der Waals surface area contributed by atoms with E-state index < -0.39 is 0 Å². The van der Waals surface area contributed by atoms with Crippen LogP contribution in [0.2, 0.25) is 0 Å². The van der Waals surface area contributed by atoms with Crippen molar-refractivity contribution in [3.8, 4) is 0 Å². The number of carbonyl (C=O) groups excluding carboxylic acids is 2. The van der Waals surface area contributed by atoms with Gasteiger partial charge in [0.05, 0.1) is 6.21 Å². The van der Waals surface area contributed by atoms with Crippen LogP contribution >= 0.6 is 15.9 Å². The van der Waals surface area contributed by atoms with Crippen LogP contribution in [0.15, 0.2) is 88.4 Å². The second kappa shape index (κ2) is 9.53. The van der Waals surface area contributed by atoms with E-state index in [9.17, 15) is 9.59 Å². The lowest BCUT2D eigenvalue weighted by molar-refractivity contribution is -0.124. The summed E-state index contributed by atoms with van der Waals surface area (Å²) in [5.41, 5.74) is 4.16. The van der Waals surface area contributed by atoms with Crippen LogP contribution in [0.5, 0.6) is 0 Å². The van der Waals surface area contributed by atoms with Crippen LogP contribution in [0.1, 0.15) is 18.4 Å². The molecular formula is C25H20BrN3O2. The molecule has 0 saturated carbocycles. The first kappa shape index (κ1) is 20.8. The molecular weight excluding hydrogens is 454 g/mol. The fourth-order valence-electron chi connectivity index (χ4n) is 3.43. The Morgan fingerprint density at radius 1 is 0.806 bits per heavy atom. The molecule has 0 fully saturated rings. The fraction of sp³-hybridized carbons (Fsp3) is 0.0800. The van der Waals surface area contributed by atoms with Crippen molar-refractivity contribution in [2.24, 2.45) is 5.10 Å². The van der Waals surface area contributed by atoms with Gasteiger partial charge in [0, 0.05) is 28.6 Å². The molecule has 5 nitrogen and oxygen atoms in total. The molecule has 0 aromatic heterocycles. The summed E-state index contributed by atoms with van der Waals surface area (Å²) in [7, 11) is 0. The van der Waals surface area contributed by atoms with E-state index in [1.54, 1.807) is 18.3 Å². The van der Waals surface area contributed by atoms with Gasteiger partial charge in [-0.2, -0.15) is 5.10 Å². The molecule has 154 valence electrons. The van der Waals surface area contributed by atoms with Crippen molar-refractivity contribution in [3.63, 3.8) is 0 Å². The van der Waals surface area contributed by atoms with Crippen LogP contribution in [-0.4, -0.2) is 18.0 Å². The first-order chi connectivity index (χ1) is 15.1. The van der Waals surface area contributed by atoms with Crippen LogP contribution in [0.25, 0.3) is 21.5 Å². The molecule has 0 aliphatic carbocycles. The van der Waals surface area contributed by atoms with Gasteiger partial charge in [-0.05, 0) is 45.8 Å². The average Bonchev–Trinajstić information content (AvgIpc) is 2.77. The third-order valence-corrected chi connectivity index (χ3v) is 5.38. The number of hydrogen-bond donors (Lipinski definition) is 2. The third kappa shape index (κ3) is 5.16. The number of fused-ring (bicyclic) bond motifs is 2. The molecule has 0 bridgehead atoms. The largest absolute Gasteiger partial charge is 0.326 e. The van der Waals surface area contributed by atoms with E-state index in [-0.39, 0.29) is 24.7 Å². The van der Waals surface area contributed by atoms with Crippen LogP contribution in [0.3, 0.4) is 0 Å². The second-order valence-electron chi connectivity index (χ2n) is 7.08. The lowest BCUT2D eigenvalue weighted by Gasteiger charge is -2.08. The Bertz CT molecular complexity index is 1250. The van der Waals surface area contributed by atoms with Gasteiger partial charge >= 0.3 is 0 Å². The number of amides is 2. The minimum atomic E-state index is -0.315. The highest BCUT2D eigenvalue weighted by Crippen LogP contribution is 2.27. The summed E-state index contributed by atoms with van der Waals surface area (Å²) in [5, 5.41) is 11.3. The molecule has 0 saturated heterocycles. The number of carbonyl (C=O) groups is 2. The lowest BCUT2D eigenvalue weighted by Crippen LogP contribution is -2.20. The highest BCUT2D eigenvalue weighted by atomic mass is 79.9. The van der Waals surface area contributed by atoms with Crippen LogP contribution in [0, 0.1) is 0 Å². The average molecular weight is 474 g/mol. The first-order valence-electron chi connectivity index (χ1n) is 9.88. The Morgan fingerprint density at radius 2 is 1.45 bits per heavy atom. The summed E-state index contributed by atoms with van der Waals surface area (Å²) >= 11 is 3.36. The Labute approximate surface area is 188 Å². The zero-order valence-corrected chi connectivity index (χ0v) is 18.2. The van der Waals surface area contributed by atoms with E-state index >= 15 is 0 Å². The number of nitrogens with one attached hydrogen (secondary N) is 2. The maximum absolute atomic E-state index is 12.2. The van der Waals surface area contributed by atoms with Gasteiger partial charge < -0.3 is 5.32 Å². The number of halogens is 1. The Morgan fingerprint density at radius 3 is 2.13 bits per heavy atom. The fourth-order valence-corrected chi connectivity index (χ4v) is 3.83.